The molecule has 7 nitrogen and oxygen atoms in total. The lowest BCUT2D eigenvalue weighted by Crippen LogP contribution is -2.19. The standard InChI is InChI=1S/C23H29N5O2/c1-3-30-11-10-27-15-18-4-6-21(12-17(18)2)28-23(29)7-5-19-16-26-9-8-22(19)20(13-24)14-25/h4-9,12-14,16,24,27H,3,10-11,15,25H2,1-2H3,(H,28,29)/b7-5+,20-14+,24-13?. The minimum atomic E-state index is -0.250. The number of anilines is 1. The van der Waals surface area contributed by atoms with Gasteiger partial charge in [0.05, 0.1) is 6.61 Å². The van der Waals surface area contributed by atoms with Crippen LogP contribution in [-0.4, -0.2) is 36.9 Å². The Labute approximate surface area is 177 Å². The summed E-state index contributed by atoms with van der Waals surface area (Å²) in [5, 5.41) is 13.7. The molecule has 0 atom stereocenters. The van der Waals surface area contributed by atoms with Crippen LogP contribution in [0.25, 0.3) is 11.6 Å². The third kappa shape index (κ3) is 6.95. The largest absolute Gasteiger partial charge is 0.404 e. The van der Waals surface area contributed by atoms with Gasteiger partial charge in [-0.05, 0) is 54.8 Å². The lowest BCUT2D eigenvalue weighted by Gasteiger charge is -2.10. The quantitative estimate of drug-likeness (QED) is 0.260. The normalized spacial score (nSPS) is 11.6. The molecule has 0 saturated heterocycles. The maximum Gasteiger partial charge on any atom is 0.248 e. The maximum absolute atomic E-state index is 12.3. The summed E-state index contributed by atoms with van der Waals surface area (Å²) < 4.78 is 5.31. The Kier molecular flexibility index (Phi) is 9.44. The van der Waals surface area contributed by atoms with E-state index >= 15 is 0 Å². The average molecular weight is 408 g/mol. The van der Waals surface area contributed by atoms with Gasteiger partial charge in [-0.25, -0.2) is 0 Å². The fraction of sp³-hybridized carbons (Fsp3) is 0.261. The van der Waals surface area contributed by atoms with E-state index in [1.165, 1.54) is 24.1 Å². The SMILES string of the molecule is CCOCCNCc1ccc(NC(=O)/C=C/c2cnccc2/C(C=N)=C/N)cc1C. The molecule has 2 rings (SSSR count). The van der Waals surface area contributed by atoms with Gasteiger partial charge in [0, 0.05) is 67.4 Å². The fourth-order valence-corrected chi connectivity index (χ4v) is 2.85. The molecule has 0 aliphatic heterocycles. The smallest absolute Gasteiger partial charge is 0.248 e. The van der Waals surface area contributed by atoms with Crippen LogP contribution in [0.5, 0.6) is 0 Å². The lowest BCUT2D eigenvalue weighted by molar-refractivity contribution is -0.111. The number of allylic oxidation sites excluding steroid dienone is 1. The molecule has 0 bridgehead atoms. The van der Waals surface area contributed by atoms with Crippen molar-refractivity contribution in [1.82, 2.24) is 10.3 Å². The van der Waals surface area contributed by atoms with Gasteiger partial charge < -0.3 is 26.5 Å². The van der Waals surface area contributed by atoms with E-state index in [0.29, 0.717) is 17.7 Å². The Bertz CT molecular complexity index is 922. The summed E-state index contributed by atoms with van der Waals surface area (Å²) in [7, 11) is 0. The van der Waals surface area contributed by atoms with E-state index in [1.807, 2.05) is 32.0 Å². The molecule has 0 unspecified atom stereocenters. The monoisotopic (exact) mass is 407 g/mol. The molecule has 1 amide bonds. The van der Waals surface area contributed by atoms with Gasteiger partial charge in [0.1, 0.15) is 0 Å². The molecule has 7 heteroatoms. The van der Waals surface area contributed by atoms with Crippen LogP contribution in [0.2, 0.25) is 0 Å². The first-order chi connectivity index (χ1) is 14.6. The summed E-state index contributed by atoms with van der Waals surface area (Å²) in [6.07, 6.45) is 8.88. The highest BCUT2D eigenvalue weighted by Gasteiger charge is 2.05. The molecule has 158 valence electrons. The fourth-order valence-electron chi connectivity index (χ4n) is 2.85. The van der Waals surface area contributed by atoms with Gasteiger partial charge in [-0.1, -0.05) is 6.07 Å². The van der Waals surface area contributed by atoms with Crippen LogP contribution >= 0.6 is 0 Å². The van der Waals surface area contributed by atoms with Gasteiger partial charge in [0.2, 0.25) is 5.91 Å². The highest BCUT2D eigenvalue weighted by Crippen LogP contribution is 2.18. The van der Waals surface area contributed by atoms with Gasteiger partial charge in [0.25, 0.3) is 0 Å². The zero-order valence-electron chi connectivity index (χ0n) is 17.4. The van der Waals surface area contributed by atoms with Crippen molar-refractivity contribution in [2.24, 2.45) is 5.73 Å². The second-order valence-corrected chi connectivity index (χ2v) is 6.57. The molecule has 0 spiro atoms. The topological polar surface area (TPSA) is 113 Å². The van der Waals surface area contributed by atoms with E-state index in [4.69, 9.17) is 15.9 Å². The van der Waals surface area contributed by atoms with Crippen molar-refractivity contribution in [1.29, 1.82) is 5.41 Å². The Morgan fingerprint density at radius 2 is 2.17 bits per heavy atom. The number of rotatable bonds is 11. The van der Waals surface area contributed by atoms with Crippen LogP contribution in [0.1, 0.15) is 29.2 Å². The number of nitrogens with one attached hydrogen (secondary N) is 3. The number of carbonyl (C=O) groups excluding carboxylic acids is 1. The summed E-state index contributed by atoms with van der Waals surface area (Å²) in [4.78, 5) is 16.4. The highest BCUT2D eigenvalue weighted by molar-refractivity contribution is 6.10. The van der Waals surface area contributed by atoms with E-state index in [0.717, 1.165) is 36.5 Å². The number of amides is 1. The molecule has 0 radical (unpaired) electrons. The molecule has 0 aliphatic rings. The molecule has 5 N–H and O–H groups in total. The van der Waals surface area contributed by atoms with Gasteiger partial charge in [-0.2, -0.15) is 0 Å². The third-order valence-electron chi connectivity index (χ3n) is 4.47. The number of aromatic nitrogens is 1. The Balaban J connectivity index is 1.99. The number of pyridine rings is 1. The summed E-state index contributed by atoms with van der Waals surface area (Å²) in [5.41, 5.74) is 10.6. The van der Waals surface area contributed by atoms with Gasteiger partial charge >= 0.3 is 0 Å². The second kappa shape index (κ2) is 12.3. The van der Waals surface area contributed by atoms with Crippen molar-refractivity contribution in [3.8, 4) is 0 Å². The average Bonchev–Trinajstić information content (AvgIpc) is 2.75. The van der Waals surface area contributed by atoms with Gasteiger partial charge in [-0.3, -0.25) is 9.78 Å². The second-order valence-electron chi connectivity index (χ2n) is 6.57. The minimum absolute atomic E-state index is 0.250. The number of benzene rings is 1. The van der Waals surface area contributed by atoms with Gasteiger partial charge in [-0.15, -0.1) is 0 Å². The zero-order chi connectivity index (χ0) is 21.8. The number of carbonyl (C=O) groups is 1. The predicted molar refractivity (Wildman–Crippen MR) is 122 cm³/mol. The van der Waals surface area contributed by atoms with Crippen LogP contribution < -0.4 is 16.4 Å². The van der Waals surface area contributed by atoms with Crippen LogP contribution in [0.3, 0.4) is 0 Å². The molecule has 30 heavy (non-hydrogen) atoms. The molecule has 1 aromatic carbocycles. The van der Waals surface area contributed by atoms with Crippen molar-refractivity contribution >= 4 is 29.5 Å². The summed E-state index contributed by atoms with van der Waals surface area (Å²) in [6, 6.07) is 7.60. The van der Waals surface area contributed by atoms with Crippen molar-refractivity contribution in [3.63, 3.8) is 0 Å². The molecule has 0 saturated carbocycles. The molecule has 0 fully saturated rings. The highest BCUT2D eigenvalue weighted by atomic mass is 16.5. The van der Waals surface area contributed by atoms with Gasteiger partial charge in [0.15, 0.2) is 0 Å². The maximum atomic E-state index is 12.3. The van der Waals surface area contributed by atoms with E-state index in [9.17, 15) is 4.79 Å². The Morgan fingerprint density at radius 3 is 2.87 bits per heavy atom. The van der Waals surface area contributed by atoms with E-state index in [2.05, 4.69) is 15.6 Å². The number of ether oxygens (including phenoxy) is 1. The summed E-state index contributed by atoms with van der Waals surface area (Å²) >= 11 is 0. The first-order valence-electron chi connectivity index (χ1n) is 9.82. The van der Waals surface area contributed by atoms with Crippen molar-refractivity contribution < 1.29 is 9.53 Å². The van der Waals surface area contributed by atoms with Crippen molar-refractivity contribution in [2.45, 2.75) is 20.4 Å². The Hall–Kier alpha value is -3.29. The number of nitrogens with two attached hydrogens (primary N) is 1. The number of aryl methyl sites for hydroxylation is 1. The van der Waals surface area contributed by atoms with E-state index in [1.54, 1.807) is 24.5 Å². The molecular weight excluding hydrogens is 378 g/mol. The molecule has 1 heterocycles. The van der Waals surface area contributed by atoms with Crippen LogP contribution in [-0.2, 0) is 16.1 Å². The first-order valence-corrected chi connectivity index (χ1v) is 9.82. The molecule has 1 aromatic heterocycles. The summed E-state index contributed by atoms with van der Waals surface area (Å²) in [5.74, 6) is -0.250. The van der Waals surface area contributed by atoms with E-state index in [-0.39, 0.29) is 5.91 Å². The number of hydrogen-bond acceptors (Lipinski definition) is 6. The van der Waals surface area contributed by atoms with Crippen molar-refractivity contribution in [3.05, 3.63) is 71.2 Å². The van der Waals surface area contributed by atoms with E-state index < -0.39 is 0 Å². The molecule has 0 aliphatic carbocycles. The minimum Gasteiger partial charge on any atom is -0.404 e. The van der Waals surface area contributed by atoms with Crippen LogP contribution in [0.4, 0.5) is 5.69 Å². The lowest BCUT2D eigenvalue weighted by atomic mass is 10.0. The third-order valence-corrected chi connectivity index (χ3v) is 4.47. The summed E-state index contributed by atoms with van der Waals surface area (Å²) in [6.45, 7) is 6.96. The predicted octanol–water partition coefficient (Wildman–Crippen LogP) is 3.12. The zero-order valence-corrected chi connectivity index (χ0v) is 17.4. The van der Waals surface area contributed by atoms with Crippen LogP contribution in [0.15, 0.2) is 48.9 Å². The van der Waals surface area contributed by atoms with Crippen molar-refractivity contribution in [2.75, 3.05) is 25.1 Å². The first kappa shape index (κ1) is 23.0. The molecular formula is C23H29N5O2. The molecule has 2 aromatic rings. The number of hydrogen-bond donors (Lipinski definition) is 4. The Morgan fingerprint density at radius 1 is 1.33 bits per heavy atom. The van der Waals surface area contributed by atoms with Crippen LogP contribution in [0, 0.1) is 12.3 Å². The number of nitrogens with zero attached hydrogens (tertiary/aromatic N) is 1.